The van der Waals surface area contributed by atoms with Crippen molar-refractivity contribution in [3.63, 3.8) is 0 Å². The van der Waals surface area contributed by atoms with Crippen LogP contribution in [0.25, 0.3) is 5.57 Å². The van der Waals surface area contributed by atoms with Gasteiger partial charge in [0.1, 0.15) is 5.70 Å². The zero-order chi connectivity index (χ0) is 21.4. The minimum atomic E-state index is -0.424. The van der Waals surface area contributed by atoms with Crippen molar-refractivity contribution in [2.24, 2.45) is 0 Å². The second kappa shape index (κ2) is 7.98. The quantitative estimate of drug-likeness (QED) is 0.490. The maximum absolute atomic E-state index is 13.5. The zero-order valence-corrected chi connectivity index (χ0v) is 17.9. The predicted molar refractivity (Wildman–Crippen MR) is 122 cm³/mol. The highest BCUT2D eigenvalue weighted by molar-refractivity contribution is 6.48. The van der Waals surface area contributed by atoms with E-state index in [1.807, 2.05) is 55.5 Å². The van der Waals surface area contributed by atoms with Gasteiger partial charge in [-0.3, -0.25) is 9.59 Å². The van der Waals surface area contributed by atoms with E-state index >= 15 is 0 Å². The molecule has 4 rings (SSSR count). The van der Waals surface area contributed by atoms with Gasteiger partial charge in [-0.05, 0) is 48.9 Å². The van der Waals surface area contributed by atoms with E-state index < -0.39 is 11.8 Å². The Morgan fingerprint density at radius 1 is 0.833 bits per heavy atom. The number of imide groups is 1. The molecule has 0 fully saturated rings. The molecule has 0 spiro atoms. The molecule has 3 aromatic rings. The Kier molecular flexibility index (Phi) is 5.37. The lowest BCUT2D eigenvalue weighted by atomic mass is 10.0. The number of aryl methyl sites for hydroxylation is 1. The van der Waals surface area contributed by atoms with Crippen molar-refractivity contribution < 1.29 is 9.59 Å². The number of benzene rings is 3. The molecule has 3 aromatic carbocycles. The summed E-state index contributed by atoms with van der Waals surface area (Å²) in [5, 5.41) is 0.762. The summed E-state index contributed by atoms with van der Waals surface area (Å²) in [7, 11) is 1.76. The van der Waals surface area contributed by atoms with E-state index in [0.29, 0.717) is 21.3 Å². The average molecular weight is 437 g/mol. The highest BCUT2D eigenvalue weighted by atomic mass is 35.5. The number of para-hydroxylation sites is 1. The van der Waals surface area contributed by atoms with Crippen molar-refractivity contribution in [2.75, 3.05) is 16.8 Å². The molecule has 0 aliphatic carbocycles. The van der Waals surface area contributed by atoms with Crippen LogP contribution in [0.4, 0.5) is 11.4 Å². The van der Waals surface area contributed by atoms with Gasteiger partial charge in [0.05, 0.1) is 16.3 Å². The first kappa shape index (κ1) is 20.2. The molecule has 30 heavy (non-hydrogen) atoms. The number of rotatable bonds is 4. The molecule has 150 valence electrons. The van der Waals surface area contributed by atoms with Gasteiger partial charge < -0.3 is 4.90 Å². The molecule has 4 nitrogen and oxygen atoms in total. The molecule has 6 heteroatoms. The number of carbonyl (C=O) groups is 2. The number of hydrogen-bond acceptors (Lipinski definition) is 3. The highest BCUT2D eigenvalue weighted by Gasteiger charge is 2.42. The third-order valence-corrected chi connectivity index (χ3v) is 5.55. The molecule has 0 atom stereocenters. The van der Waals surface area contributed by atoms with Crippen LogP contribution >= 0.6 is 23.2 Å². The summed E-state index contributed by atoms with van der Waals surface area (Å²) in [4.78, 5) is 30.0. The molecule has 0 bridgehead atoms. The maximum Gasteiger partial charge on any atom is 0.282 e. The molecule has 1 aliphatic heterocycles. The number of amides is 2. The molecule has 0 saturated carbocycles. The molecule has 2 amide bonds. The Morgan fingerprint density at radius 2 is 1.57 bits per heavy atom. The summed E-state index contributed by atoms with van der Waals surface area (Å²) in [5.74, 6) is -0.828. The lowest BCUT2D eigenvalue weighted by molar-refractivity contribution is -0.120. The predicted octanol–water partition coefficient (Wildman–Crippen LogP) is 5.72. The lowest BCUT2D eigenvalue weighted by Crippen LogP contribution is -2.34. The highest BCUT2D eigenvalue weighted by Crippen LogP contribution is 2.39. The monoisotopic (exact) mass is 436 g/mol. The number of anilines is 2. The van der Waals surface area contributed by atoms with Crippen LogP contribution in [-0.2, 0) is 9.59 Å². The fraction of sp³-hybridized carbons (Fsp3) is 0.0833. The first-order valence-electron chi connectivity index (χ1n) is 9.32. The SMILES string of the molecule is Cc1cccc(N2C(=O)C(c3ccc(Cl)cc3Cl)=C(N(C)c3ccccc3)C2=O)c1. The van der Waals surface area contributed by atoms with Crippen LogP contribution in [0.5, 0.6) is 0 Å². The van der Waals surface area contributed by atoms with E-state index in [1.54, 1.807) is 36.2 Å². The molecular weight excluding hydrogens is 419 g/mol. The normalized spacial score (nSPS) is 13.9. The van der Waals surface area contributed by atoms with E-state index in [-0.39, 0.29) is 11.3 Å². The van der Waals surface area contributed by atoms with Crippen molar-refractivity contribution in [1.29, 1.82) is 0 Å². The maximum atomic E-state index is 13.5. The van der Waals surface area contributed by atoms with Crippen LogP contribution in [0.2, 0.25) is 10.0 Å². The molecule has 0 saturated heterocycles. The zero-order valence-electron chi connectivity index (χ0n) is 16.4. The van der Waals surface area contributed by atoms with Gasteiger partial charge in [-0.25, -0.2) is 4.90 Å². The molecule has 0 radical (unpaired) electrons. The molecule has 1 aliphatic rings. The first-order chi connectivity index (χ1) is 14.4. The van der Waals surface area contributed by atoms with Gasteiger partial charge in [0.15, 0.2) is 0 Å². The minimum Gasteiger partial charge on any atom is -0.339 e. The number of hydrogen-bond donors (Lipinski definition) is 0. The van der Waals surface area contributed by atoms with Crippen LogP contribution in [-0.4, -0.2) is 18.9 Å². The third kappa shape index (κ3) is 3.49. The third-order valence-electron chi connectivity index (χ3n) is 5.00. The summed E-state index contributed by atoms with van der Waals surface area (Å²) in [6.07, 6.45) is 0. The number of carbonyl (C=O) groups excluding carboxylic acids is 2. The summed E-state index contributed by atoms with van der Waals surface area (Å²) >= 11 is 12.5. The van der Waals surface area contributed by atoms with Crippen LogP contribution in [0.1, 0.15) is 11.1 Å². The van der Waals surface area contributed by atoms with E-state index in [1.165, 1.54) is 4.90 Å². The Hall–Kier alpha value is -3.08. The van der Waals surface area contributed by atoms with Crippen LogP contribution in [0.3, 0.4) is 0 Å². The Morgan fingerprint density at radius 3 is 2.23 bits per heavy atom. The molecule has 0 aromatic heterocycles. The fourth-order valence-electron chi connectivity index (χ4n) is 3.55. The van der Waals surface area contributed by atoms with Crippen molar-refractivity contribution >= 4 is 52.0 Å². The number of nitrogens with zero attached hydrogens (tertiary/aromatic N) is 2. The molecule has 1 heterocycles. The van der Waals surface area contributed by atoms with Gasteiger partial charge in [0, 0.05) is 23.3 Å². The van der Waals surface area contributed by atoms with Crippen molar-refractivity contribution in [3.05, 3.63) is 99.7 Å². The summed E-state index contributed by atoms with van der Waals surface area (Å²) in [6.45, 7) is 1.91. The number of likely N-dealkylation sites (N-methyl/N-ethyl adjacent to an activating group) is 1. The average Bonchev–Trinajstić information content (AvgIpc) is 2.98. The van der Waals surface area contributed by atoms with Gasteiger partial charge in [-0.1, -0.05) is 59.6 Å². The second-order valence-electron chi connectivity index (χ2n) is 7.03. The second-order valence-corrected chi connectivity index (χ2v) is 7.87. The molecule has 0 N–H and O–H groups in total. The van der Waals surface area contributed by atoms with Crippen LogP contribution < -0.4 is 9.80 Å². The Balaban J connectivity index is 1.92. The van der Waals surface area contributed by atoms with E-state index in [0.717, 1.165) is 11.3 Å². The largest absolute Gasteiger partial charge is 0.339 e. The van der Waals surface area contributed by atoms with Gasteiger partial charge in [-0.2, -0.15) is 0 Å². The molecular formula is C24H18Cl2N2O2. The van der Waals surface area contributed by atoms with Gasteiger partial charge in [0.25, 0.3) is 11.8 Å². The van der Waals surface area contributed by atoms with Crippen LogP contribution in [0, 0.1) is 6.92 Å². The van der Waals surface area contributed by atoms with E-state index in [9.17, 15) is 9.59 Å². The molecule has 0 unspecified atom stereocenters. The van der Waals surface area contributed by atoms with Crippen molar-refractivity contribution in [2.45, 2.75) is 6.92 Å². The van der Waals surface area contributed by atoms with Gasteiger partial charge in [0.2, 0.25) is 0 Å². The van der Waals surface area contributed by atoms with Gasteiger partial charge >= 0.3 is 0 Å². The smallest absolute Gasteiger partial charge is 0.282 e. The summed E-state index contributed by atoms with van der Waals surface area (Å²) in [6, 6.07) is 21.6. The topological polar surface area (TPSA) is 40.6 Å². The Bertz CT molecular complexity index is 1190. The fourth-order valence-corrected chi connectivity index (χ4v) is 4.05. The van der Waals surface area contributed by atoms with Crippen molar-refractivity contribution in [3.8, 4) is 0 Å². The van der Waals surface area contributed by atoms with Gasteiger partial charge in [-0.15, -0.1) is 0 Å². The summed E-state index contributed by atoms with van der Waals surface area (Å²) in [5.41, 5.74) is 3.22. The minimum absolute atomic E-state index is 0.245. The Labute approximate surface area is 184 Å². The van der Waals surface area contributed by atoms with Crippen LogP contribution in [0.15, 0.2) is 78.5 Å². The van der Waals surface area contributed by atoms with Crippen molar-refractivity contribution in [1.82, 2.24) is 0 Å². The van der Waals surface area contributed by atoms with E-state index in [2.05, 4.69) is 0 Å². The number of halogens is 2. The van der Waals surface area contributed by atoms with E-state index in [4.69, 9.17) is 23.2 Å². The first-order valence-corrected chi connectivity index (χ1v) is 10.1. The summed E-state index contributed by atoms with van der Waals surface area (Å²) < 4.78 is 0. The lowest BCUT2D eigenvalue weighted by Gasteiger charge is -2.21. The standard InChI is InChI=1S/C24H18Cl2N2O2/c1-15-7-6-10-18(13-15)28-23(29)21(19-12-11-16(25)14-20(19)26)22(24(28)30)27(2)17-8-4-3-5-9-17/h3-14H,1-2H3.